The van der Waals surface area contributed by atoms with Crippen LogP contribution in [0.25, 0.3) is 0 Å². The molecule has 0 saturated carbocycles. The van der Waals surface area contributed by atoms with Gasteiger partial charge in [0.05, 0.1) is 30.5 Å². The number of aliphatic imine (C=N–C) groups is 1. The molecule has 2 rings (SSSR count). The molecule has 0 aromatic heterocycles. The molecule has 1 unspecified atom stereocenters. The van der Waals surface area contributed by atoms with Crippen LogP contribution in [0.3, 0.4) is 0 Å². The second-order valence-corrected chi connectivity index (χ2v) is 12.4. The fourth-order valence-electron chi connectivity index (χ4n) is 3.01. The molecule has 28 heavy (non-hydrogen) atoms. The first kappa shape index (κ1) is 23.6. The van der Waals surface area contributed by atoms with Crippen molar-refractivity contribution >= 4 is 29.8 Å². The molecule has 160 valence electrons. The summed E-state index contributed by atoms with van der Waals surface area (Å²) >= 11 is 0. The summed E-state index contributed by atoms with van der Waals surface area (Å²) in [4.78, 5) is 16.8. The van der Waals surface area contributed by atoms with Gasteiger partial charge in [-0.2, -0.15) is 0 Å². The Hall–Kier alpha value is -0.660. The number of ether oxygens (including phenoxy) is 3. The molecule has 0 aromatic rings. The molecule has 0 bridgehead atoms. The van der Waals surface area contributed by atoms with Crippen LogP contribution in [0, 0.1) is 5.41 Å². The van der Waals surface area contributed by atoms with Crippen molar-refractivity contribution in [1.82, 2.24) is 0 Å². The molecular formula is C19H32NO6PS. The second kappa shape index (κ2) is 9.43. The minimum atomic E-state index is -3.64. The number of allylic oxidation sites excluding steroid dienone is 1. The zero-order valence-corrected chi connectivity index (χ0v) is 19.2. The van der Waals surface area contributed by atoms with Crippen LogP contribution in [0.1, 0.15) is 40.5 Å². The predicted octanol–water partition coefficient (Wildman–Crippen LogP) is 2.55. The first-order chi connectivity index (χ1) is 13.0. The third kappa shape index (κ3) is 5.28. The highest BCUT2D eigenvalue weighted by Gasteiger charge is 2.47. The van der Waals surface area contributed by atoms with E-state index in [0.717, 1.165) is 0 Å². The topological polar surface area (TPSA) is 91.3 Å². The summed E-state index contributed by atoms with van der Waals surface area (Å²) in [6.07, 6.45) is 2.74. The number of sulfone groups is 1. The van der Waals surface area contributed by atoms with Gasteiger partial charge in [0.15, 0.2) is 9.84 Å². The summed E-state index contributed by atoms with van der Waals surface area (Å²) in [6, 6.07) is 0. The lowest BCUT2D eigenvalue weighted by Crippen LogP contribution is -2.47. The maximum atomic E-state index is 12.9. The average Bonchev–Trinajstić information content (AvgIpc) is 2.61. The fourth-order valence-corrected chi connectivity index (χ4v) is 5.99. The van der Waals surface area contributed by atoms with Crippen LogP contribution < -0.4 is 0 Å². The van der Waals surface area contributed by atoms with Gasteiger partial charge in [-0.25, -0.2) is 13.4 Å². The Kier molecular flexibility index (Phi) is 7.96. The summed E-state index contributed by atoms with van der Waals surface area (Å²) in [5.41, 5.74) is 0.498. The molecular weight excluding hydrogens is 401 g/mol. The minimum absolute atomic E-state index is 0.155. The van der Waals surface area contributed by atoms with Crippen LogP contribution in [0.15, 0.2) is 16.4 Å². The maximum absolute atomic E-state index is 12.9. The highest BCUT2D eigenvalue weighted by atomic mass is 32.2. The quantitative estimate of drug-likeness (QED) is 0.410. The van der Waals surface area contributed by atoms with Crippen LogP contribution in [0.4, 0.5) is 0 Å². The van der Waals surface area contributed by atoms with Gasteiger partial charge in [0.25, 0.3) is 5.91 Å². The van der Waals surface area contributed by atoms with Crippen molar-refractivity contribution in [2.24, 2.45) is 10.4 Å². The molecule has 0 aromatic carbocycles. The van der Waals surface area contributed by atoms with E-state index in [4.69, 9.17) is 14.2 Å². The van der Waals surface area contributed by atoms with Gasteiger partial charge in [0, 0.05) is 25.7 Å². The fraction of sp³-hybridized carbons (Fsp3) is 0.789. The zero-order chi connectivity index (χ0) is 21.0. The van der Waals surface area contributed by atoms with Gasteiger partial charge in [-0.05, 0) is 46.7 Å². The number of rotatable bonds is 9. The Balaban J connectivity index is 2.02. The Morgan fingerprint density at radius 3 is 2.43 bits per heavy atom. The highest BCUT2D eigenvalue weighted by Crippen LogP contribution is 2.48. The third-order valence-electron chi connectivity index (χ3n) is 5.22. The van der Waals surface area contributed by atoms with Gasteiger partial charge < -0.3 is 14.2 Å². The van der Waals surface area contributed by atoms with E-state index in [2.05, 4.69) is 18.8 Å². The van der Waals surface area contributed by atoms with E-state index < -0.39 is 25.7 Å². The van der Waals surface area contributed by atoms with E-state index in [1.807, 2.05) is 6.08 Å². The molecule has 2 aliphatic rings. The van der Waals surface area contributed by atoms with E-state index in [9.17, 15) is 13.2 Å². The van der Waals surface area contributed by atoms with Crippen molar-refractivity contribution in [3.63, 3.8) is 0 Å². The van der Waals surface area contributed by atoms with Crippen molar-refractivity contribution in [2.75, 3.05) is 40.1 Å². The number of nitrogens with zero attached hydrogens (tertiary/aromatic N) is 1. The summed E-state index contributed by atoms with van der Waals surface area (Å²) in [7, 11) is -1.71. The van der Waals surface area contributed by atoms with Gasteiger partial charge in [0.2, 0.25) is 0 Å². The molecule has 0 N–H and O–H groups in total. The molecule has 1 atom stereocenters. The van der Waals surface area contributed by atoms with Gasteiger partial charge in [-0.1, -0.05) is 13.8 Å². The standard InChI is InChI=1S/C19H32NO6PS/c1-18(2,13-26-11-10-24-5)15-12-16(27-15)20-17(21)19(3,4)28(22,23)14-6-8-25-9-7-14/h12,14,27H,6-11,13H2,1-5H3. The summed E-state index contributed by atoms with van der Waals surface area (Å²) in [5.74, 6) is -0.592. The van der Waals surface area contributed by atoms with Crippen LogP contribution in [-0.4, -0.2) is 69.9 Å². The van der Waals surface area contributed by atoms with Crippen LogP contribution in [0.5, 0.6) is 0 Å². The Bertz CT molecular complexity index is 736. The monoisotopic (exact) mass is 433 g/mol. The number of carbonyl (C=O) groups excluding carboxylic acids is 1. The first-order valence-electron chi connectivity index (χ1n) is 9.52. The Morgan fingerprint density at radius 2 is 1.86 bits per heavy atom. The van der Waals surface area contributed by atoms with Crippen molar-refractivity contribution < 1.29 is 27.4 Å². The van der Waals surface area contributed by atoms with E-state index in [1.54, 1.807) is 7.11 Å². The highest BCUT2D eigenvalue weighted by molar-refractivity contribution is 7.94. The van der Waals surface area contributed by atoms with Crippen molar-refractivity contribution in [3.05, 3.63) is 11.4 Å². The summed E-state index contributed by atoms with van der Waals surface area (Å²) < 4.78 is 40.2. The lowest BCUT2D eigenvalue weighted by Gasteiger charge is -2.33. The molecule has 1 amide bonds. The third-order valence-corrected chi connectivity index (χ3v) is 9.77. The van der Waals surface area contributed by atoms with Gasteiger partial charge >= 0.3 is 0 Å². The number of hydrogen-bond acceptors (Lipinski definition) is 6. The van der Waals surface area contributed by atoms with Crippen LogP contribution in [-0.2, 0) is 28.8 Å². The Labute approximate surface area is 170 Å². The van der Waals surface area contributed by atoms with Gasteiger partial charge in [-0.15, -0.1) is 0 Å². The molecule has 1 fully saturated rings. The molecule has 0 radical (unpaired) electrons. The van der Waals surface area contributed by atoms with Crippen molar-refractivity contribution in [3.8, 4) is 0 Å². The molecule has 9 heteroatoms. The van der Waals surface area contributed by atoms with Gasteiger partial charge in [-0.3, -0.25) is 4.79 Å². The second-order valence-electron chi connectivity index (χ2n) is 8.28. The number of amides is 1. The van der Waals surface area contributed by atoms with Gasteiger partial charge in [0.1, 0.15) is 4.75 Å². The molecule has 7 nitrogen and oxygen atoms in total. The first-order valence-corrected chi connectivity index (χ1v) is 12.1. The number of hydrogen-bond donors (Lipinski definition) is 0. The van der Waals surface area contributed by atoms with Crippen molar-refractivity contribution in [2.45, 2.75) is 50.5 Å². The number of methoxy groups -OCH3 is 1. The van der Waals surface area contributed by atoms with E-state index >= 15 is 0 Å². The molecule has 0 spiro atoms. The maximum Gasteiger partial charge on any atom is 0.267 e. The summed E-state index contributed by atoms with van der Waals surface area (Å²) in [6.45, 7) is 9.56. The van der Waals surface area contributed by atoms with E-state index in [1.165, 1.54) is 19.2 Å². The van der Waals surface area contributed by atoms with Crippen LogP contribution >= 0.6 is 8.58 Å². The summed E-state index contributed by atoms with van der Waals surface area (Å²) in [5, 5.41) is 0.625. The normalized spacial score (nSPS) is 21.6. The predicted molar refractivity (Wildman–Crippen MR) is 112 cm³/mol. The number of carbonyl (C=O) groups is 1. The lowest BCUT2D eigenvalue weighted by molar-refractivity contribution is -0.119. The molecule has 2 heterocycles. The van der Waals surface area contributed by atoms with Crippen molar-refractivity contribution in [1.29, 1.82) is 0 Å². The van der Waals surface area contributed by atoms with Crippen LogP contribution in [0.2, 0.25) is 0 Å². The molecule has 1 saturated heterocycles. The minimum Gasteiger partial charge on any atom is -0.382 e. The van der Waals surface area contributed by atoms with E-state index in [0.29, 0.717) is 59.9 Å². The molecule has 2 aliphatic heterocycles. The smallest absolute Gasteiger partial charge is 0.267 e. The average molecular weight is 434 g/mol. The lowest BCUT2D eigenvalue weighted by atomic mass is 9.93. The van der Waals surface area contributed by atoms with E-state index in [-0.39, 0.29) is 5.41 Å². The SMILES string of the molecule is COCCOCC(C)(C)C1=CC(=NC(=O)C(C)(C)S(=O)(=O)C2CCOCC2)P1. The zero-order valence-electron chi connectivity index (χ0n) is 17.4. The molecule has 0 aliphatic carbocycles. The Morgan fingerprint density at radius 1 is 1.25 bits per heavy atom. The largest absolute Gasteiger partial charge is 0.382 e.